The van der Waals surface area contributed by atoms with Crippen molar-refractivity contribution in [1.82, 2.24) is 4.90 Å². The zero-order valence-corrected chi connectivity index (χ0v) is 20.0. The summed E-state index contributed by atoms with van der Waals surface area (Å²) in [6, 6.07) is 1.40. The Hall–Kier alpha value is -0.300. The predicted molar refractivity (Wildman–Crippen MR) is 123 cm³/mol. The van der Waals surface area contributed by atoms with E-state index in [1.165, 1.54) is 51.4 Å². The SMILES string of the molecule is C=CCC(C(C)CC)N(C)C(C)C1CC(CCCCC)C1.CC.CCC. The van der Waals surface area contributed by atoms with Crippen LogP contribution in [0.2, 0.25) is 0 Å². The molecule has 0 radical (unpaired) electrons. The Balaban J connectivity index is 0. The molecular formula is C25H53N. The zero-order valence-electron chi connectivity index (χ0n) is 20.0. The monoisotopic (exact) mass is 367 g/mol. The molecule has 1 fully saturated rings. The van der Waals surface area contributed by atoms with Gasteiger partial charge in [-0.05, 0) is 51.0 Å². The van der Waals surface area contributed by atoms with Gasteiger partial charge >= 0.3 is 0 Å². The van der Waals surface area contributed by atoms with Crippen LogP contribution in [-0.4, -0.2) is 24.0 Å². The van der Waals surface area contributed by atoms with Crippen LogP contribution in [0.1, 0.15) is 113 Å². The highest BCUT2D eigenvalue weighted by Gasteiger charge is 2.36. The maximum absolute atomic E-state index is 3.97. The summed E-state index contributed by atoms with van der Waals surface area (Å²) >= 11 is 0. The van der Waals surface area contributed by atoms with E-state index in [-0.39, 0.29) is 0 Å². The van der Waals surface area contributed by atoms with Crippen LogP contribution in [0.15, 0.2) is 12.7 Å². The summed E-state index contributed by atoms with van der Waals surface area (Å²) in [4.78, 5) is 2.66. The highest BCUT2D eigenvalue weighted by atomic mass is 15.2. The van der Waals surface area contributed by atoms with E-state index in [0.717, 1.165) is 30.2 Å². The Morgan fingerprint density at radius 1 is 1.04 bits per heavy atom. The summed E-state index contributed by atoms with van der Waals surface area (Å²) in [5.41, 5.74) is 0. The lowest BCUT2D eigenvalue weighted by Crippen LogP contribution is -2.48. The van der Waals surface area contributed by atoms with Crippen molar-refractivity contribution in [1.29, 1.82) is 0 Å². The molecule has 1 saturated carbocycles. The van der Waals surface area contributed by atoms with Gasteiger partial charge in [0.05, 0.1) is 0 Å². The van der Waals surface area contributed by atoms with Crippen LogP contribution in [0.25, 0.3) is 0 Å². The van der Waals surface area contributed by atoms with Crippen molar-refractivity contribution in [3.63, 3.8) is 0 Å². The fourth-order valence-electron chi connectivity index (χ4n) is 3.98. The molecule has 0 saturated heterocycles. The van der Waals surface area contributed by atoms with Crippen LogP contribution in [-0.2, 0) is 0 Å². The van der Waals surface area contributed by atoms with E-state index < -0.39 is 0 Å². The molecule has 0 bridgehead atoms. The molecule has 1 aliphatic rings. The van der Waals surface area contributed by atoms with Gasteiger partial charge in [-0.15, -0.1) is 6.58 Å². The van der Waals surface area contributed by atoms with Crippen molar-refractivity contribution < 1.29 is 0 Å². The van der Waals surface area contributed by atoms with Gasteiger partial charge in [0.1, 0.15) is 0 Å². The van der Waals surface area contributed by atoms with Crippen LogP contribution in [0.4, 0.5) is 0 Å². The lowest BCUT2D eigenvalue weighted by Gasteiger charge is -2.46. The van der Waals surface area contributed by atoms with Crippen molar-refractivity contribution in [2.75, 3.05) is 7.05 Å². The number of nitrogens with zero attached hydrogens (tertiary/aromatic N) is 1. The van der Waals surface area contributed by atoms with Gasteiger partial charge in [-0.25, -0.2) is 0 Å². The maximum atomic E-state index is 3.97. The van der Waals surface area contributed by atoms with E-state index in [1.807, 2.05) is 13.8 Å². The minimum absolute atomic E-state index is 0.668. The number of hydrogen-bond acceptors (Lipinski definition) is 1. The van der Waals surface area contributed by atoms with Crippen molar-refractivity contribution in [2.45, 2.75) is 125 Å². The first-order chi connectivity index (χ1) is 12.5. The fraction of sp³-hybridized carbons (Fsp3) is 0.920. The standard InChI is InChI=1S/C20H39N.C3H8.C2H6/c1-7-10-11-13-18-14-19(15-18)17(5)21(6)20(12-8-2)16(4)9-3;1-3-2;1-2/h8,16-20H,2,7,9-15H2,1,3-6H3;3H2,1-2H3;1-2H3. The second-order valence-electron chi connectivity index (χ2n) is 8.18. The Morgan fingerprint density at radius 3 is 2.00 bits per heavy atom. The highest BCUT2D eigenvalue weighted by Crippen LogP contribution is 2.41. The van der Waals surface area contributed by atoms with E-state index in [0.29, 0.717) is 6.04 Å². The molecule has 0 aromatic heterocycles. The molecule has 1 nitrogen and oxygen atoms in total. The highest BCUT2D eigenvalue weighted by molar-refractivity contribution is 4.91. The number of hydrogen-bond donors (Lipinski definition) is 0. The van der Waals surface area contributed by atoms with Gasteiger partial charge in [0.15, 0.2) is 0 Å². The van der Waals surface area contributed by atoms with E-state index in [1.54, 1.807) is 0 Å². The second-order valence-corrected chi connectivity index (χ2v) is 8.18. The summed E-state index contributed by atoms with van der Waals surface area (Å²) in [5.74, 6) is 2.72. The summed E-state index contributed by atoms with van der Waals surface area (Å²) in [7, 11) is 2.34. The molecule has 0 N–H and O–H groups in total. The van der Waals surface area contributed by atoms with Crippen LogP contribution in [0.3, 0.4) is 0 Å². The van der Waals surface area contributed by atoms with Gasteiger partial charge in [-0.3, -0.25) is 4.90 Å². The molecule has 0 aromatic carbocycles. The van der Waals surface area contributed by atoms with Gasteiger partial charge in [0.2, 0.25) is 0 Å². The minimum atomic E-state index is 0.668. The summed E-state index contributed by atoms with van der Waals surface area (Å²) in [5, 5.41) is 0. The Morgan fingerprint density at radius 2 is 1.58 bits per heavy atom. The molecule has 0 heterocycles. The molecule has 3 atom stereocenters. The molecule has 3 unspecified atom stereocenters. The largest absolute Gasteiger partial charge is 0.300 e. The van der Waals surface area contributed by atoms with Crippen molar-refractivity contribution in [2.24, 2.45) is 17.8 Å². The Bertz CT molecular complexity index is 293. The van der Waals surface area contributed by atoms with Crippen LogP contribution in [0.5, 0.6) is 0 Å². The Labute approximate surface area is 168 Å². The third kappa shape index (κ3) is 10.8. The summed E-state index contributed by atoms with van der Waals surface area (Å²) in [6.45, 7) is 21.7. The maximum Gasteiger partial charge on any atom is 0.0155 e. The predicted octanol–water partition coefficient (Wildman–Crippen LogP) is 8.35. The number of rotatable bonds is 11. The van der Waals surface area contributed by atoms with E-state index in [4.69, 9.17) is 0 Å². The summed E-state index contributed by atoms with van der Waals surface area (Å²) in [6.07, 6.45) is 14.4. The number of unbranched alkanes of at least 4 members (excludes halogenated alkanes) is 2. The minimum Gasteiger partial charge on any atom is -0.300 e. The average molecular weight is 368 g/mol. The van der Waals surface area contributed by atoms with Crippen molar-refractivity contribution in [3.05, 3.63) is 12.7 Å². The van der Waals surface area contributed by atoms with Crippen LogP contribution in [0, 0.1) is 17.8 Å². The quantitative estimate of drug-likeness (QED) is 0.262. The van der Waals surface area contributed by atoms with E-state index in [9.17, 15) is 0 Å². The third-order valence-electron chi connectivity index (χ3n) is 6.04. The fourth-order valence-corrected chi connectivity index (χ4v) is 3.98. The zero-order chi connectivity index (χ0) is 20.5. The Kier molecular flexibility index (Phi) is 19.4. The van der Waals surface area contributed by atoms with Crippen LogP contribution >= 0.6 is 0 Å². The normalized spacial score (nSPS) is 22.1. The molecular weight excluding hydrogens is 314 g/mol. The first-order valence-corrected chi connectivity index (χ1v) is 11.8. The summed E-state index contributed by atoms with van der Waals surface area (Å²) < 4.78 is 0. The van der Waals surface area contributed by atoms with Gasteiger partial charge in [0, 0.05) is 12.1 Å². The van der Waals surface area contributed by atoms with E-state index >= 15 is 0 Å². The van der Waals surface area contributed by atoms with Gasteiger partial charge < -0.3 is 0 Å². The van der Waals surface area contributed by atoms with E-state index in [2.05, 4.69) is 66.1 Å². The molecule has 1 heteroatoms. The lowest BCUT2D eigenvalue weighted by atomic mass is 9.69. The van der Waals surface area contributed by atoms with Gasteiger partial charge in [-0.2, -0.15) is 0 Å². The van der Waals surface area contributed by atoms with Gasteiger partial charge in [0.25, 0.3) is 0 Å². The van der Waals surface area contributed by atoms with Crippen LogP contribution < -0.4 is 0 Å². The average Bonchev–Trinajstić information content (AvgIpc) is 2.62. The molecule has 1 aliphatic carbocycles. The molecule has 0 aromatic rings. The molecule has 26 heavy (non-hydrogen) atoms. The molecule has 0 spiro atoms. The van der Waals surface area contributed by atoms with Crippen molar-refractivity contribution >= 4 is 0 Å². The second kappa shape index (κ2) is 18.1. The molecule has 0 aliphatic heterocycles. The lowest BCUT2D eigenvalue weighted by molar-refractivity contribution is 0.0389. The van der Waals surface area contributed by atoms with Gasteiger partial charge in [-0.1, -0.05) is 93.1 Å². The first-order valence-electron chi connectivity index (χ1n) is 11.8. The molecule has 158 valence electrons. The first kappa shape index (κ1) is 27.9. The smallest absolute Gasteiger partial charge is 0.0155 e. The topological polar surface area (TPSA) is 3.24 Å². The van der Waals surface area contributed by atoms with Crippen molar-refractivity contribution in [3.8, 4) is 0 Å². The third-order valence-corrected chi connectivity index (χ3v) is 6.04. The molecule has 1 rings (SSSR count). The molecule has 0 amide bonds.